The first-order chi connectivity index (χ1) is 12.5. The van der Waals surface area contributed by atoms with Crippen molar-refractivity contribution in [1.82, 2.24) is 10.6 Å². The Labute approximate surface area is 160 Å². The van der Waals surface area contributed by atoms with Crippen LogP contribution in [-0.4, -0.2) is 34.6 Å². The minimum absolute atomic E-state index is 0.149. The largest absolute Gasteiger partial charge is 0.310 e. The van der Waals surface area contributed by atoms with Gasteiger partial charge in [-0.3, -0.25) is 19.6 Å². The van der Waals surface area contributed by atoms with Crippen LogP contribution in [0.15, 0.2) is 28.2 Å². The summed E-state index contributed by atoms with van der Waals surface area (Å²) in [5.74, 6) is 0.762. The van der Waals surface area contributed by atoms with E-state index in [4.69, 9.17) is 0 Å². The Balaban J connectivity index is 1.81. The zero-order valence-corrected chi connectivity index (χ0v) is 16.8. The summed E-state index contributed by atoms with van der Waals surface area (Å²) in [5, 5.41) is 5.75. The van der Waals surface area contributed by atoms with Crippen LogP contribution >= 0.6 is 0 Å². The highest BCUT2D eigenvalue weighted by atomic mass is 16.2. The van der Waals surface area contributed by atoms with E-state index in [9.17, 15) is 9.59 Å². The van der Waals surface area contributed by atoms with Gasteiger partial charge in [-0.2, -0.15) is 0 Å². The first-order valence-corrected chi connectivity index (χ1v) is 9.45. The van der Waals surface area contributed by atoms with Crippen molar-refractivity contribution >= 4 is 23.5 Å². The number of nitrogens with zero attached hydrogens (tertiary/aromatic N) is 2. The fourth-order valence-electron chi connectivity index (χ4n) is 3.42. The lowest BCUT2D eigenvalue weighted by Gasteiger charge is -2.12. The third kappa shape index (κ3) is 4.62. The second-order valence-electron chi connectivity index (χ2n) is 8.70. The number of amides is 2. The summed E-state index contributed by atoms with van der Waals surface area (Å²) in [6.07, 6.45) is 3.27. The molecule has 27 heavy (non-hydrogen) atoms. The van der Waals surface area contributed by atoms with Gasteiger partial charge < -0.3 is 10.6 Å². The normalized spacial score (nSPS) is 20.0. The molecule has 0 radical (unpaired) electrons. The lowest BCUT2D eigenvalue weighted by molar-refractivity contribution is 0.0942. The van der Waals surface area contributed by atoms with Gasteiger partial charge in [0, 0.05) is 12.8 Å². The van der Waals surface area contributed by atoms with Crippen LogP contribution in [0, 0.1) is 6.92 Å². The highest BCUT2D eigenvalue weighted by molar-refractivity contribution is 6.15. The molecule has 2 amide bonds. The van der Waals surface area contributed by atoms with E-state index in [2.05, 4.69) is 20.6 Å². The molecule has 3 rings (SSSR count). The number of benzene rings is 1. The second-order valence-corrected chi connectivity index (χ2v) is 8.70. The van der Waals surface area contributed by atoms with Crippen LogP contribution in [0.2, 0.25) is 0 Å². The number of carbonyl (C=O) groups is 2. The first-order valence-electron chi connectivity index (χ1n) is 9.45. The summed E-state index contributed by atoms with van der Waals surface area (Å²) in [6.45, 7) is 10.1. The number of aryl methyl sites for hydroxylation is 1. The molecule has 0 unspecified atom stereocenters. The molecule has 144 valence electrons. The van der Waals surface area contributed by atoms with E-state index in [0.717, 1.165) is 31.2 Å². The maximum atomic E-state index is 12.8. The Kier molecular flexibility index (Phi) is 4.93. The average Bonchev–Trinajstić information content (AvgIpc) is 3.08. The van der Waals surface area contributed by atoms with Crippen molar-refractivity contribution in [2.45, 2.75) is 71.4 Å². The molecule has 0 aromatic heterocycles. The quantitative estimate of drug-likeness (QED) is 0.839. The van der Waals surface area contributed by atoms with Gasteiger partial charge in [0.15, 0.2) is 0 Å². The smallest absolute Gasteiger partial charge is 0.257 e. The van der Waals surface area contributed by atoms with Crippen LogP contribution in [0.4, 0.5) is 0 Å². The van der Waals surface area contributed by atoms with E-state index >= 15 is 0 Å². The molecule has 0 saturated carbocycles. The standard InChI is InChI=1S/C21H28N4O2/c1-13-6-7-14(18(26)22-16-8-10-20(2,3)24-16)15(12-13)19(27)23-17-9-11-21(4,5)25-17/h6-7,12H,8-11H2,1-5H3,(H,22,24,26)(H,23,25,27). The third-order valence-corrected chi connectivity index (χ3v) is 5.00. The van der Waals surface area contributed by atoms with E-state index in [0.29, 0.717) is 22.8 Å². The second kappa shape index (κ2) is 6.91. The number of hydrogen-bond acceptors (Lipinski definition) is 4. The zero-order valence-electron chi connectivity index (χ0n) is 16.8. The van der Waals surface area contributed by atoms with E-state index < -0.39 is 0 Å². The van der Waals surface area contributed by atoms with Gasteiger partial charge in [-0.25, -0.2) is 0 Å². The van der Waals surface area contributed by atoms with Gasteiger partial charge in [-0.05, 0) is 59.6 Å². The van der Waals surface area contributed by atoms with Crippen LogP contribution in [0.5, 0.6) is 0 Å². The number of amidine groups is 2. The number of carbonyl (C=O) groups excluding carboxylic acids is 2. The van der Waals surface area contributed by atoms with E-state index in [-0.39, 0.29) is 22.9 Å². The predicted molar refractivity (Wildman–Crippen MR) is 108 cm³/mol. The van der Waals surface area contributed by atoms with Crippen LogP contribution in [0.3, 0.4) is 0 Å². The molecular formula is C21H28N4O2. The van der Waals surface area contributed by atoms with Crippen molar-refractivity contribution in [3.05, 3.63) is 34.9 Å². The molecule has 6 heteroatoms. The van der Waals surface area contributed by atoms with Crippen molar-refractivity contribution in [3.63, 3.8) is 0 Å². The Morgan fingerprint density at radius 2 is 1.33 bits per heavy atom. The molecule has 0 spiro atoms. The van der Waals surface area contributed by atoms with Crippen LogP contribution in [-0.2, 0) is 0 Å². The van der Waals surface area contributed by atoms with E-state index in [1.54, 1.807) is 12.1 Å². The highest BCUT2D eigenvalue weighted by Gasteiger charge is 2.28. The monoisotopic (exact) mass is 368 g/mol. The van der Waals surface area contributed by atoms with Gasteiger partial charge in [0.2, 0.25) is 0 Å². The molecule has 0 atom stereocenters. The van der Waals surface area contributed by atoms with Crippen LogP contribution in [0.25, 0.3) is 0 Å². The number of rotatable bonds is 2. The van der Waals surface area contributed by atoms with E-state index in [1.165, 1.54) is 0 Å². The predicted octanol–water partition coefficient (Wildman–Crippen LogP) is 3.40. The highest BCUT2D eigenvalue weighted by Crippen LogP contribution is 2.25. The zero-order chi connectivity index (χ0) is 19.8. The summed E-state index contributed by atoms with van der Waals surface area (Å²) in [7, 11) is 0. The fraction of sp³-hybridized carbons (Fsp3) is 0.524. The molecule has 0 aliphatic carbocycles. The van der Waals surface area contributed by atoms with Crippen molar-refractivity contribution in [2.24, 2.45) is 9.98 Å². The first kappa shape index (κ1) is 19.3. The Bertz CT molecular complexity index is 850. The Morgan fingerprint density at radius 3 is 1.78 bits per heavy atom. The maximum absolute atomic E-state index is 12.8. The summed E-state index contributed by atoms with van der Waals surface area (Å²) in [4.78, 5) is 34.7. The fourth-order valence-corrected chi connectivity index (χ4v) is 3.42. The number of nitrogens with one attached hydrogen (secondary N) is 2. The maximum Gasteiger partial charge on any atom is 0.257 e. The molecule has 6 nitrogen and oxygen atoms in total. The molecule has 0 fully saturated rings. The van der Waals surface area contributed by atoms with Gasteiger partial charge >= 0.3 is 0 Å². The van der Waals surface area contributed by atoms with Gasteiger partial charge in [0.1, 0.15) is 11.7 Å². The van der Waals surface area contributed by atoms with Crippen molar-refractivity contribution in [2.75, 3.05) is 0 Å². The lowest BCUT2D eigenvalue weighted by Crippen LogP contribution is -2.34. The van der Waals surface area contributed by atoms with E-state index in [1.807, 2.05) is 40.7 Å². The molecule has 1 aromatic rings. The SMILES string of the molecule is Cc1ccc(C(=O)NC2=NC(C)(C)CC2)c(C(=O)NC2=NC(C)(C)CC2)c1. The summed E-state index contributed by atoms with van der Waals surface area (Å²) < 4.78 is 0. The summed E-state index contributed by atoms with van der Waals surface area (Å²) in [5.41, 5.74) is 1.33. The lowest BCUT2D eigenvalue weighted by atomic mass is 10.0. The molecule has 2 heterocycles. The molecule has 0 saturated heterocycles. The topological polar surface area (TPSA) is 82.9 Å². The van der Waals surface area contributed by atoms with Gasteiger partial charge in [-0.1, -0.05) is 11.6 Å². The Hall–Kier alpha value is -2.50. The number of hydrogen-bond donors (Lipinski definition) is 2. The molecule has 0 bridgehead atoms. The number of aliphatic imine (C=N–C) groups is 2. The summed E-state index contributed by atoms with van der Waals surface area (Å²) >= 11 is 0. The van der Waals surface area contributed by atoms with Crippen LogP contribution in [0.1, 0.15) is 79.7 Å². The molecule has 2 aliphatic heterocycles. The average molecular weight is 368 g/mol. The van der Waals surface area contributed by atoms with Crippen molar-refractivity contribution in [1.29, 1.82) is 0 Å². The van der Waals surface area contributed by atoms with Gasteiger partial charge in [0.25, 0.3) is 11.8 Å². The van der Waals surface area contributed by atoms with Crippen molar-refractivity contribution < 1.29 is 9.59 Å². The Morgan fingerprint density at radius 1 is 0.852 bits per heavy atom. The van der Waals surface area contributed by atoms with Gasteiger partial charge in [-0.15, -0.1) is 0 Å². The minimum atomic E-state index is -0.301. The minimum Gasteiger partial charge on any atom is -0.310 e. The molecule has 2 aliphatic rings. The molecule has 2 N–H and O–H groups in total. The third-order valence-electron chi connectivity index (χ3n) is 5.00. The molecular weight excluding hydrogens is 340 g/mol. The van der Waals surface area contributed by atoms with Crippen LogP contribution < -0.4 is 10.6 Å². The van der Waals surface area contributed by atoms with Crippen molar-refractivity contribution in [3.8, 4) is 0 Å². The molecule has 1 aromatic carbocycles. The summed E-state index contributed by atoms with van der Waals surface area (Å²) in [6, 6.07) is 5.27. The van der Waals surface area contributed by atoms with Gasteiger partial charge in [0.05, 0.1) is 22.2 Å².